The quantitative estimate of drug-likeness (QED) is 0.689. The predicted molar refractivity (Wildman–Crippen MR) is 85.4 cm³/mol. The highest BCUT2D eigenvalue weighted by Crippen LogP contribution is 2.18. The number of halogens is 3. The summed E-state index contributed by atoms with van der Waals surface area (Å²) in [6, 6.07) is 5.42. The first-order chi connectivity index (χ1) is 8.63. The van der Waals surface area contributed by atoms with E-state index < -0.39 is 0 Å². The Morgan fingerprint density at radius 1 is 1.26 bits per heavy atom. The fourth-order valence-corrected chi connectivity index (χ4v) is 2.84. The van der Waals surface area contributed by atoms with E-state index in [1.165, 1.54) is 12.8 Å². The number of nitrogens with zero attached hydrogens (tertiary/aromatic N) is 1. The molecule has 1 aliphatic heterocycles. The van der Waals surface area contributed by atoms with Crippen LogP contribution in [0.3, 0.4) is 0 Å². The lowest BCUT2D eigenvalue weighted by molar-refractivity contribution is 0.204. The van der Waals surface area contributed by atoms with Crippen molar-refractivity contribution in [2.24, 2.45) is 5.92 Å². The van der Waals surface area contributed by atoms with Crippen molar-refractivity contribution in [1.29, 1.82) is 0 Å². The van der Waals surface area contributed by atoms with Gasteiger partial charge in [0.1, 0.15) is 0 Å². The molecule has 1 fully saturated rings. The highest BCUT2D eigenvalue weighted by Gasteiger charge is 2.14. The van der Waals surface area contributed by atoms with E-state index in [4.69, 9.17) is 23.2 Å². The van der Waals surface area contributed by atoms with Crippen LogP contribution < -0.4 is 0 Å². The van der Waals surface area contributed by atoms with Gasteiger partial charge in [-0.1, -0.05) is 42.0 Å². The van der Waals surface area contributed by atoms with Crippen LogP contribution in [0.1, 0.15) is 25.3 Å². The van der Waals surface area contributed by atoms with Gasteiger partial charge in [0.15, 0.2) is 0 Å². The fraction of sp³-hybridized carbons (Fsp3) is 0.467. The van der Waals surface area contributed by atoms with Crippen LogP contribution in [0, 0.1) is 17.8 Å². The molecule has 1 heterocycles. The van der Waals surface area contributed by atoms with Crippen LogP contribution in [-0.2, 0) is 0 Å². The average Bonchev–Trinajstić information content (AvgIpc) is 2.27. The summed E-state index contributed by atoms with van der Waals surface area (Å²) in [6.07, 6.45) is 2.62. The molecule has 0 saturated carbocycles. The van der Waals surface area contributed by atoms with Gasteiger partial charge in [0.2, 0.25) is 0 Å². The van der Waals surface area contributed by atoms with Gasteiger partial charge in [0.25, 0.3) is 0 Å². The molecule has 0 bridgehead atoms. The first-order valence-corrected chi connectivity index (χ1v) is 7.06. The van der Waals surface area contributed by atoms with Crippen LogP contribution in [0.15, 0.2) is 18.2 Å². The van der Waals surface area contributed by atoms with E-state index in [1.54, 1.807) is 6.07 Å². The minimum Gasteiger partial charge on any atom is -0.292 e. The minimum absolute atomic E-state index is 0. The molecule has 1 atom stereocenters. The third-order valence-corrected chi connectivity index (χ3v) is 3.58. The van der Waals surface area contributed by atoms with Gasteiger partial charge in [-0.3, -0.25) is 4.90 Å². The Morgan fingerprint density at radius 3 is 2.58 bits per heavy atom. The molecular weight excluding hydrogens is 301 g/mol. The number of rotatable bonds is 1. The topological polar surface area (TPSA) is 3.24 Å². The monoisotopic (exact) mass is 317 g/mol. The molecule has 104 valence electrons. The lowest BCUT2D eigenvalue weighted by Gasteiger charge is -2.28. The Kier molecular flexibility index (Phi) is 7.04. The van der Waals surface area contributed by atoms with E-state index in [9.17, 15) is 0 Å². The van der Waals surface area contributed by atoms with E-state index in [-0.39, 0.29) is 12.4 Å². The van der Waals surface area contributed by atoms with Gasteiger partial charge < -0.3 is 0 Å². The first-order valence-electron chi connectivity index (χ1n) is 6.31. The molecule has 1 nitrogen and oxygen atoms in total. The van der Waals surface area contributed by atoms with Crippen molar-refractivity contribution in [2.75, 3.05) is 19.6 Å². The standard InChI is InChI=1S/C15H17Cl2N.ClH/c1-12-4-2-6-18(11-12)7-3-5-13-8-14(16)10-15(17)9-13;/h8-10,12H,2,4,6-7,11H2,1H3;1H. The zero-order valence-corrected chi connectivity index (χ0v) is 13.3. The third kappa shape index (κ3) is 5.63. The molecule has 1 aliphatic rings. The summed E-state index contributed by atoms with van der Waals surface area (Å²) in [4.78, 5) is 2.41. The highest BCUT2D eigenvalue weighted by atomic mass is 35.5. The van der Waals surface area contributed by atoms with Crippen LogP contribution in [0.2, 0.25) is 10.0 Å². The molecule has 0 spiro atoms. The van der Waals surface area contributed by atoms with Crippen LogP contribution in [-0.4, -0.2) is 24.5 Å². The Hall–Kier alpha value is -0.390. The Balaban J connectivity index is 0.00000180. The molecule has 1 aromatic rings. The second-order valence-electron chi connectivity index (χ2n) is 4.94. The van der Waals surface area contributed by atoms with Crippen LogP contribution in [0.5, 0.6) is 0 Å². The Morgan fingerprint density at radius 2 is 1.95 bits per heavy atom. The minimum atomic E-state index is 0. The van der Waals surface area contributed by atoms with E-state index in [0.717, 1.165) is 31.1 Å². The molecule has 0 amide bonds. The average molecular weight is 319 g/mol. The Bertz CT molecular complexity index is 456. The first kappa shape index (κ1) is 16.7. The molecule has 1 saturated heterocycles. The lowest BCUT2D eigenvalue weighted by atomic mass is 10.0. The van der Waals surface area contributed by atoms with Gasteiger partial charge in [-0.15, -0.1) is 12.4 Å². The van der Waals surface area contributed by atoms with Crippen molar-refractivity contribution >= 4 is 35.6 Å². The van der Waals surface area contributed by atoms with E-state index in [2.05, 4.69) is 23.7 Å². The Labute approximate surface area is 131 Å². The largest absolute Gasteiger partial charge is 0.292 e. The maximum atomic E-state index is 5.93. The molecular formula is C15H18Cl3N. The van der Waals surface area contributed by atoms with Crippen molar-refractivity contribution in [3.8, 4) is 11.8 Å². The molecule has 0 aliphatic carbocycles. The summed E-state index contributed by atoms with van der Waals surface area (Å²) in [5.41, 5.74) is 0.887. The lowest BCUT2D eigenvalue weighted by Crippen LogP contribution is -2.34. The zero-order chi connectivity index (χ0) is 13.0. The number of piperidine rings is 1. The van der Waals surface area contributed by atoms with Crippen molar-refractivity contribution in [3.05, 3.63) is 33.8 Å². The van der Waals surface area contributed by atoms with Crippen LogP contribution in [0.25, 0.3) is 0 Å². The third-order valence-electron chi connectivity index (χ3n) is 3.14. The highest BCUT2D eigenvalue weighted by molar-refractivity contribution is 6.34. The predicted octanol–water partition coefficient (Wildman–Crippen LogP) is 4.50. The molecule has 0 N–H and O–H groups in total. The van der Waals surface area contributed by atoms with Gasteiger partial charge in [-0.25, -0.2) is 0 Å². The zero-order valence-electron chi connectivity index (χ0n) is 11.0. The van der Waals surface area contributed by atoms with Crippen molar-refractivity contribution in [1.82, 2.24) is 4.90 Å². The smallest absolute Gasteiger partial charge is 0.0605 e. The summed E-state index contributed by atoms with van der Waals surface area (Å²) in [6.45, 7) is 5.45. The SMILES string of the molecule is CC1CCCN(CC#Cc2cc(Cl)cc(Cl)c2)C1.Cl. The molecule has 0 aromatic heterocycles. The molecule has 1 aromatic carbocycles. The van der Waals surface area contributed by atoms with Crippen molar-refractivity contribution < 1.29 is 0 Å². The van der Waals surface area contributed by atoms with Gasteiger partial charge in [0, 0.05) is 22.2 Å². The maximum absolute atomic E-state index is 5.93. The van der Waals surface area contributed by atoms with Crippen LogP contribution in [0.4, 0.5) is 0 Å². The second kappa shape index (κ2) is 8.02. The van der Waals surface area contributed by atoms with Gasteiger partial charge in [-0.05, 0) is 43.5 Å². The van der Waals surface area contributed by atoms with Crippen molar-refractivity contribution in [3.63, 3.8) is 0 Å². The van der Waals surface area contributed by atoms with Gasteiger partial charge in [-0.2, -0.15) is 0 Å². The van der Waals surface area contributed by atoms with Crippen LogP contribution >= 0.6 is 35.6 Å². The molecule has 2 rings (SSSR count). The number of benzene rings is 1. The number of likely N-dealkylation sites (tertiary alicyclic amines) is 1. The van der Waals surface area contributed by atoms with E-state index in [0.29, 0.717) is 10.0 Å². The summed E-state index contributed by atoms with van der Waals surface area (Å²) in [5, 5.41) is 1.27. The summed E-state index contributed by atoms with van der Waals surface area (Å²) in [5.74, 6) is 7.13. The fourth-order valence-electron chi connectivity index (χ4n) is 2.31. The molecule has 4 heteroatoms. The number of hydrogen-bond acceptors (Lipinski definition) is 1. The normalized spacial score (nSPS) is 19.2. The molecule has 1 unspecified atom stereocenters. The summed E-state index contributed by atoms with van der Waals surface area (Å²) in [7, 11) is 0. The number of hydrogen-bond donors (Lipinski definition) is 0. The maximum Gasteiger partial charge on any atom is 0.0605 e. The van der Waals surface area contributed by atoms with E-state index >= 15 is 0 Å². The summed E-state index contributed by atoms with van der Waals surface area (Å²) < 4.78 is 0. The van der Waals surface area contributed by atoms with Gasteiger partial charge in [0.05, 0.1) is 6.54 Å². The second-order valence-corrected chi connectivity index (χ2v) is 5.82. The summed E-state index contributed by atoms with van der Waals surface area (Å²) >= 11 is 11.9. The molecule has 19 heavy (non-hydrogen) atoms. The van der Waals surface area contributed by atoms with E-state index in [1.807, 2.05) is 12.1 Å². The van der Waals surface area contributed by atoms with Gasteiger partial charge >= 0.3 is 0 Å². The molecule has 0 radical (unpaired) electrons. The van der Waals surface area contributed by atoms with Crippen molar-refractivity contribution in [2.45, 2.75) is 19.8 Å².